The molecule has 11 rings (SSSR count). The fraction of sp³-hybridized carbons (Fsp3) is 0. The smallest absolute Gasteiger partial charge is 0.0361 e. The molecule has 0 aliphatic carbocycles. The maximum Gasteiger partial charge on any atom is 0.0361 e. The van der Waals surface area contributed by atoms with Gasteiger partial charge in [-0.05, 0) is 99.4 Å². The molecule has 0 nitrogen and oxygen atoms in total. The van der Waals surface area contributed by atoms with E-state index in [0.29, 0.717) is 0 Å². The van der Waals surface area contributed by atoms with E-state index in [1.54, 1.807) is 0 Å². The Labute approximate surface area is 299 Å². The first-order valence-corrected chi connectivity index (χ1v) is 18.4. The molecule has 11 aromatic rings. The Morgan fingerprint density at radius 1 is 0.275 bits per heavy atom. The third-order valence-electron chi connectivity index (χ3n) is 10.9. The molecule has 0 unspecified atom stereocenters. The minimum atomic E-state index is 1.25. The molecule has 10 aromatic carbocycles. The van der Waals surface area contributed by atoms with Crippen LogP contribution in [0.3, 0.4) is 0 Å². The van der Waals surface area contributed by atoms with Gasteiger partial charge in [-0.15, -0.1) is 11.3 Å². The average Bonchev–Trinajstić information content (AvgIpc) is 3.58. The second-order valence-electron chi connectivity index (χ2n) is 13.5. The SMILES string of the molecule is c1ccc2c(-c3c4ccccc4c(-c4ccc(-c5ccc6c(c5)sc5ccc7ccccc7c56)c5ccccc45)c4ccccc34)cccc2c1. The van der Waals surface area contributed by atoms with Crippen LogP contribution in [0, 0.1) is 0 Å². The fourth-order valence-corrected chi connectivity index (χ4v) is 9.80. The molecule has 1 heterocycles. The third kappa shape index (κ3) is 4.26. The Morgan fingerprint density at radius 3 is 1.43 bits per heavy atom. The summed E-state index contributed by atoms with van der Waals surface area (Å²) >= 11 is 1.89. The molecule has 0 amide bonds. The Kier molecular flexibility index (Phi) is 6.22. The lowest BCUT2D eigenvalue weighted by Gasteiger charge is -2.20. The van der Waals surface area contributed by atoms with Crippen LogP contribution in [-0.4, -0.2) is 0 Å². The first-order chi connectivity index (χ1) is 25.3. The number of thiophene rings is 1. The predicted molar refractivity (Wildman–Crippen MR) is 223 cm³/mol. The van der Waals surface area contributed by atoms with E-state index in [1.807, 2.05) is 11.3 Å². The molecule has 0 saturated carbocycles. The van der Waals surface area contributed by atoms with Crippen LogP contribution in [0.15, 0.2) is 182 Å². The third-order valence-corrected chi connectivity index (χ3v) is 12.0. The van der Waals surface area contributed by atoms with Crippen molar-refractivity contribution in [3.8, 4) is 33.4 Å². The molecule has 1 aromatic heterocycles. The zero-order valence-electron chi connectivity index (χ0n) is 27.7. The fourth-order valence-electron chi connectivity index (χ4n) is 8.63. The van der Waals surface area contributed by atoms with Gasteiger partial charge in [-0.1, -0.05) is 170 Å². The van der Waals surface area contributed by atoms with Crippen LogP contribution in [0.5, 0.6) is 0 Å². The van der Waals surface area contributed by atoms with Crippen molar-refractivity contribution in [1.29, 1.82) is 0 Å². The molecule has 0 N–H and O–H groups in total. The predicted octanol–water partition coefficient (Wildman–Crippen LogP) is 14.8. The van der Waals surface area contributed by atoms with Crippen LogP contribution in [0.4, 0.5) is 0 Å². The van der Waals surface area contributed by atoms with Crippen molar-refractivity contribution in [3.63, 3.8) is 0 Å². The molecule has 0 fully saturated rings. The molecule has 51 heavy (non-hydrogen) atoms. The molecule has 1 heteroatoms. The number of rotatable bonds is 3. The summed E-state index contributed by atoms with van der Waals surface area (Å²) in [6.45, 7) is 0. The minimum absolute atomic E-state index is 1.25. The van der Waals surface area contributed by atoms with Crippen LogP contribution in [-0.2, 0) is 0 Å². The van der Waals surface area contributed by atoms with Crippen LogP contribution < -0.4 is 0 Å². The first-order valence-electron chi connectivity index (χ1n) is 17.6. The van der Waals surface area contributed by atoms with Crippen molar-refractivity contribution >= 4 is 85.4 Å². The highest BCUT2D eigenvalue weighted by atomic mass is 32.1. The molecule has 0 bridgehead atoms. The molecule has 0 aliphatic rings. The quantitative estimate of drug-likeness (QED) is 0.165. The van der Waals surface area contributed by atoms with E-state index < -0.39 is 0 Å². The summed E-state index contributed by atoms with van der Waals surface area (Å²) in [4.78, 5) is 0. The van der Waals surface area contributed by atoms with E-state index in [4.69, 9.17) is 0 Å². The summed E-state index contributed by atoms with van der Waals surface area (Å²) < 4.78 is 2.67. The van der Waals surface area contributed by atoms with Gasteiger partial charge in [0, 0.05) is 20.2 Å². The van der Waals surface area contributed by atoms with E-state index in [0.717, 1.165) is 0 Å². The van der Waals surface area contributed by atoms with Gasteiger partial charge in [0.2, 0.25) is 0 Å². The van der Waals surface area contributed by atoms with Gasteiger partial charge in [0.15, 0.2) is 0 Å². The summed E-state index contributed by atoms with van der Waals surface area (Å²) in [7, 11) is 0. The lowest BCUT2D eigenvalue weighted by molar-refractivity contribution is 1.67. The molecule has 0 spiro atoms. The highest BCUT2D eigenvalue weighted by Crippen LogP contribution is 2.48. The molecule has 236 valence electrons. The lowest BCUT2D eigenvalue weighted by atomic mass is 9.83. The van der Waals surface area contributed by atoms with Gasteiger partial charge in [0.25, 0.3) is 0 Å². The van der Waals surface area contributed by atoms with Gasteiger partial charge in [-0.2, -0.15) is 0 Å². The van der Waals surface area contributed by atoms with Crippen LogP contribution in [0.1, 0.15) is 0 Å². The largest absolute Gasteiger partial charge is 0.135 e. The van der Waals surface area contributed by atoms with E-state index >= 15 is 0 Å². The zero-order chi connectivity index (χ0) is 33.5. The van der Waals surface area contributed by atoms with Gasteiger partial charge < -0.3 is 0 Å². The summed E-state index contributed by atoms with van der Waals surface area (Å²) in [6.07, 6.45) is 0. The van der Waals surface area contributed by atoms with Crippen LogP contribution in [0.2, 0.25) is 0 Å². The first kappa shape index (κ1) is 28.5. The summed E-state index contributed by atoms with van der Waals surface area (Å²) in [5.74, 6) is 0. The summed E-state index contributed by atoms with van der Waals surface area (Å²) in [5, 5.41) is 15.5. The highest BCUT2D eigenvalue weighted by Gasteiger charge is 2.20. The average molecular weight is 663 g/mol. The van der Waals surface area contributed by atoms with Crippen molar-refractivity contribution in [2.24, 2.45) is 0 Å². The monoisotopic (exact) mass is 662 g/mol. The normalized spacial score (nSPS) is 11.9. The Hall–Kier alpha value is -6.28. The second kappa shape index (κ2) is 11.1. The van der Waals surface area contributed by atoms with Crippen LogP contribution >= 0.6 is 11.3 Å². The molecule has 0 radical (unpaired) electrons. The van der Waals surface area contributed by atoms with Crippen LogP contribution in [0.25, 0.3) is 107 Å². The summed E-state index contributed by atoms with van der Waals surface area (Å²) in [6, 6.07) is 67.5. The van der Waals surface area contributed by atoms with Gasteiger partial charge in [0.1, 0.15) is 0 Å². The number of hydrogen-bond acceptors (Lipinski definition) is 1. The summed E-state index contributed by atoms with van der Waals surface area (Å²) in [5.41, 5.74) is 7.64. The van der Waals surface area contributed by atoms with E-state index in [2.05, 4.69) is 182 Å². The number of hydrogen-bond donors (Lipinski definition) is 0. The Bertz CT molecular complexity index is 3130. The Balaban J connectivity index is 1.16. The van der Waals surface area contributed by atoms with Gasteiger partial charge in [0.05, 0.1) is 0 Å². The number of fused-ring (bicyclic) bond motifs is 9. The van der Waals surface area contributed by atoms with Crippen molar-refractivity contribution in [2.45, 2.75) is 0 Å². The molecule has 0 saturated heterocycles. The standard InChI is InChI=1S/C50H30S/c1-3-15-34-31(12-1)14-11-23-39(34)48-40-19-7-9-21-42(40)49(43-22-10-8-20-41(43)48)44-28-27-35(37-17-5-6-18-38(37)44)33-24-26-45-47(30-33)51-46-29-25-32-13-2-4-16-36(32)50(45)46/h1-30H. The van der Waals surface area contributed by atoms with Crippen molar-refractivity contribution in [1.82, 2.24) is 0 Å². The minimum Gasteiger partial charge on any atom is -0.135 e. The molecule has 0 atom stereocenters. The topological polar surface area (TPSA) is 0 Å². The molecular formula is C50H30S. The second-order valence-corrected chi connectivity index (χ2v) is 14.6. The maximum atomic E-state index is 2.40. The van der Waals surface area contributed by atoms with Gasteiger partial charge in [-0.3, -0.25) is 0 Å². The zero-order valence-corrected chi connectivity index (χ0v) is 28.5. The maximum absolute atomic E-state index is 2.40. The van der Waals surface area contributed by atoms with Crippen molar-refractivity contribution in [3.05, 3.63) is 182 Å². The lowest BCUT2D eigenvalue weighted by Crippen LogP contribution is -1.93. The van der Waals surface area contributed by atoms with E-state index in [-0.39, 0.29) is 0 Å². The van der Waals surface area contributed by atoms with E-state index in [9.17, 15) is 0 Å². The van der Waals surface area contributed by atoms with Crippen molar-refractivity contribution < 1.29 is 0 Å². The Morgan fingerprint density at radius 2 is 0.765 bits per heavy atom. The highest BCUT2D eigenvalue weighted by molar-refractivity contribution is 7.26. The van der Waals surface area contributed by atoms with E-state index in [1.165, 1.54) is 107 Å². The molecule has 0 aliphatic heterocycles. The van der Waals surface area contributed by atoms with Crippen molar-refractivity contribution in [2.75, 3.05) is 0 Å². The molecular weight excluding hydrogens is 633 g/mol. The van der Waals surface area contributed by atoms with Gasteiger partial charge in [-0.25, -0.2) is 0 Å². The number of benzene rings is 10. The van der Waals surface area contributed by atoms with Gasteiger partial charge >= 0.3 is 0 Å².